The van der Waals surface area contributed by atoms with Crippen molar-refractivity contribution < 1.29 is 4.74 Å². The van der Waals surface area contributed by atoms with Gasteiger partial charge in [-0.05, 0) is 12.5 Å². The van der Waals surface area contributed by atoms with Crippen molar-refractivity contribution in [2.24, 2.45) is 14.1 Å². The van der Waals surface area contributed by atoms with E-state index in [9.17, 15) is 9.59 Å². The van der Waals surface area contributed by atoms with Crippen LogP contribution < -0.4 is 16.6 Å². The number of fused-ring (bicyclic) bond motifs is 1. The molecule has 1 N–H and O–H groups in total. The Morgan fingerprint density at radius 2 is 1.81 bits per heavy atom. The van der Waals surface area contributed by atoms with E-state index >= 15 is 0 Å². The van der Waals surface area contributed by atoms with Crippen LogP contribution in [0.4, 0.5) is 5.95 Å². The molecular formula is C18H23N5O3. The number of nitrogens with one attached hydrogen (secondary N) is 1. The summed E-state index contributed by atoms with van der Waals surface area (Å²) < 4.78 is 9.39. The minimum Gasteiger partial charge on any atom is -0.383 e. The lowest BCUT2D eigenvalue weighted by Crippen LogP contribution is -2.37. The van der Waals surface area contributed by atoms with Crippen LogP contribution in [0.25, 0.3) is 11.2 Å². The standard InChI is InChI=1S/C18H23N5O3/c1-12-5-7-13(8-6-12)11-23-14-15(20-17(23)19-9-10-26-4)21(2)18(25)22(3)16(14)24/h5-8H,9-11H2,1-4H3,(H,19,20). The smallest absolute Gasteiger partial charge is 0.332 e. The van der Waals surface area contributed by atoms with E-state index < -0.39 is 5.69 Å². The van der Waals surface area contributed by atoms with Crippen LogP contribution in [0, 0.1) is 6.92 Å². The molecule has 0 saturated heterocycles. The van der Waals surface area contributed by atoms with Crippen LogP contribution >= 0.6 is 0 Å². The van der Waals surface area contributed by atoms with Gasteiger partial charge in [0.05, 0.1) is 13.2 Å². The van der Waals surface area contributed by atoms with Gasteiger partial charge < -0.3 is 10.1 Å². The van der Waals surface area contributed by atoms with Gasteiger partial charge in [-0.1, -0.05) is 29.8 Å². The van der Waals surface area contributed by atoms with Crippen LogP contribution in [0.1, 0.15) is 11.1 Å². The highest BCUT2D eigenvalue weighted by Crippen LogP contribution is 2.18. The highest BCUT2D eigenvalue weighted by molar-refractivity contribution is 5.74. The Labute approximate surface area is 150 Å². The van der Waals surface area contributed by atoms with Gasteiger partial charge in [0.15, 0.2) is 11.2 Å². The predicted octanol–water partition coefficient (Wildman–Crippen LogP) is 0.849. The van der Waals surface area contributed by atoms with Crippen molar-refractivity contribution in [1.82, 2.24) is 18.7 Å². The summed E-state index contributed by atoms with van der Waals surface area (Å²) >= 11 is 0. The van der Waals surface area contributed by atoms with E-state index in [1.54, 1.807) is 14.2 Å². The van der Waals surface area contributed by atoms with Crippen molar-refractivity contribution in [3.05, 3.63) is 56.2 Å². The molecule has 0 aliphatic rings. The first-order chi connectivity index (χ1) is 12.4. The summed E-state index contributed by atoms with van der Waals surface area (Å²) in [5.74, 6) is 0.538. The van der Waals surface area contributed by atoms with Crippen molar-refractivity contribution >= 4 is 17.1 Å². The largest absolute Gasteiger partial charge is 0.383 e. The van der Waals surface area contributed by atoms with E-state index in [4.69, 9.17) is 4.74 Å². The Hall–Kier alpha value is -2.87. The quantitative estimate of drug-likeness (QED) is 0.661. The second-order valence-corrected chi connectivity index (χ2v) is 6.30. The monoisotopic (exact) mass is 357 g/mol. The van der Waals surface area contributed by atoms with Gasteiger partial charge in [0.2, 0.25) is 5.95 Å². The molecule has 8 heteroatoms. The molecule has 26 heavy (non-hydrogen) atoms. The van der Waals surface area contributed by atoms with Gasteiger partial charge in [0.1, 0.15) is 0 Å². The summed E-state index contributed by atoms with van der Waals surface area (Å²) in [6.07, 6.45) is 0. The molecule has 0 atom stereocenters. The van der Waals surface area contributed by atoms with E-state index in [-0.39, 0.29) is 5.56 Å². The normalized spacial score (nSPS) is 11.2. The number of ether oxygens (including phenoxy) is 1. The zero-order chi connectivity index (χ0) is 18.8. The number of aryl methyl sites for hydroxylation is 2. The number of hydrogen-bond donors (Lipinski definition) is 1. The Bertz CT molecular complexity index is 1040. The van der Waals surface area contributed by atoms with E-state index in [1.165, 1.54) is 17.2 Å². The van der Waals surface area contributed by atoms with Crippen LogP contribution in [-0.2, 0) is 25.4 Å². The number of benzene rings is 1. The summed E-state index contributed by atoms with van der Waals surface area (Å²) in [6.45, 7) is 3.55. The fraction of sp³-hybridized carbons (Fsp3) is 0.389. The summed E-state index contributed by atoms with van der Waals surface area (Å²) in [5.41, 5.74) is 2.22. The first-order valence-electron chi connectivity index (χ1n) is 8.38. The minimum atomic E-state index is -0.397. The topological polar surface area (TPSA) is 83.1 Å². The van der Waals surface area contributed by atoms with E-state index in [0.717, 1.165) is 10.1 Å². The lowest BCUT2D eigenvalue weighted by Gasteiger charge is -2.11. The Morgan fingerprint density at radius 3 is 2.46 bits per heavy atom. The summed E-state index contributed by atoms with van der Waals surface area (Å²) in [6, 6.07) is 8.10. The van der Waals surface area contributed by atoms with Gasteiger partial charge in [-0.3, -0.25) is 18.5 Å². The lowest BCUT2D eigenvalue weighted by molar-refractivity contribution is 0.210. The Balaban J connectivity index is 2.19. The molecule has 0 fully saturated rings. The molecule has 0 unspecified atom stereocenters. The highest BCUT2D eigenvalue weighted by atomic mass is 16.5. The molecule has 0 aliphatic carbocycles. The maximum absolute atomic E-state index is 12.7. The first-order valence-corrected chi connectivity index (χ1v) is 8.38. The first kappa shape index (κ1) is 17.9. The zero-order valence-corrected chi connectivity index (χ0v) is 15.4. The second-order valence-electron chi connectivity index (χ2n) is 6.30. The molecule has 3 rings (SSSR count). The fourth-order valence-electron chi connectivity index (χ4n) is 2.88. The maximum Gasteiger partial charge on any atom is 0.332 e. The fourth-order valence-corrected chi connectivity index (χ4v) is 2.88. The van der Waals surface area contributed by atoms with Gasteiger partial charge in [-0.2, -0.15) is 4.98 Å². The summed E-state index contributed by atoms with van der Waals surface area (Å²) in [5, 5.41) is 3.19. The molecule has 0 spiro atoms. The van der Waals surface area contributed by atoms with Crippen LogP contribution in [0.15, 0.2) is 33.9 Å². The van der Waals surface area contributed by atoms with Crippen molar-refractivity contribution in [3.8, 4) is 0 Å². The SMILES string of the molecule is COCCNc1nc2c(c(=O)n(C)c(=O)n2C)n1Cc1ccc(C)cc1. The van der Waals surface area contributed by atoms with E-state index in [1.807, 2.05) is 35.8 Å². The predicted molar refractivity (Wildman–Crippen MR) is 101 cm³/mol. The second kappa shape index (κ2) is 7.17. The molecule has 1 aromatic carbocycles. The highest BCUT2D eigenvalue weighted by Gasteiger charge is 2.19. The molecule has 0 amide bonds. The third-order valence-electron chi connectivity index (χ3n) is 4.40. The average molecular weight is 357 g/mol. The van der Waals surface area contributed by atoms with Crippen LogP contribution in [0.2, 0.25) is 0 Å². The minimum absolute atomic E-state index is 0.359. The van der Waals surface area contributed by atoms with Gasteiger partial charge >= 0.3 is 5.69 Å². The van der Waals surface area contributed by atoms with Crippen molar-refractivity contribution in [2.45, 2.75) is 13.5 Å². The van der Waals surface area contributed by atoms with Crippen LogP contribution in [-0.4, -0.2) is 38.9 Å². The van der Waals surface area contributed by atoms with Gasteiger partial charge in [-0.25, -0.2) is 4.79 Å². The number of rotatable bonds is 6. The summed E-state index contributed by atoms with van der Waals surface area (Å²) in [4.78, 5) is 29.5. The summed E-state index contributed by atoms with van der Waals surface area (Å²) in [7, 11) is 4.72. The van der Waals surface area contributed by atoms with Crippen LogP contribution in [0.3, 0.4) is 0 Å². The van der Waals surface area contributed by atoms with Crippen molar-refractivity contribution in [1.29, 1.82) is 0 Å². The molecule has 0 bridgehead atoms. The van der Waals surface area contributed by atoms with E-state index in [0.29, 0.717) is 36.8 Å². The molecule has 0 saturated carbocycles. The molecule has 0 radical (unpaired) electrons. The van der Waals surface area contributed by atoms with Gasteiger partial charge in [-0.15, -0.1) is 0 Å². The molecule has 2 heterocycles. The molecule has 138 valence electrons. The zero-order valence-electron chi connectivity index (χ0n) is 15.4. The molecule has 3 aromatic rings. The van der Waals surface area contributed by atoms with Crippen LogP contribution in [0.5, 0.6) is 0 Å². The lowest BCUT2D eigenvalue weighted by atomic mass is 10.1. The maximum atomic E-state index is 12.7. The Kier molecular flexibility index (Phi) is 4.94. The number of nitrogens with zero attached hydrogens (tertiary/aromatic N) is 4. The van der Waals surface area contributed by atoms with Crippen molar-refractivity contribution in [3.63, 3.8) is 0 Å². The molecule has 8 nitrogen and oxygen atoms in total. The number of imidazole rings is 1. The third-order valence-corrected chi connectivity index (χ3v) is 4.40. The number of hydrogen-bond acceptors (Lipinski definition) is 5. The number of methoxy groups -OCH3 is 1. The number of aromatic nitrogens is 4. The molecule has 0 aliphatic heterocycles. The van der Waals surface area contributed by atoms with Gasteiger partial charge in [0.25, 0.3) is 5.56 Å². The van der Waals surface area contributed by atoms with Gasteiger partial charge in [0, 0.05) is 27.7 Å². The van der Waals surface area contributed by atoms with E-state index in [2.05, 4.69) is 10.3 Å². The third kappa shape index (κ3) is 3.15. The molecule has 2 aromatic heterocycles. The average Bonchev–Trinajstić information content (AvgIpc) is 2.99. The Morgan fingerprint density at radius 1 is 1.12 bits per heavy atom. The van der Waals surface area contributed by atoms with Crippen molar-refractivity contribution in [2.75, 3.05) is 25.6 Å². The number of anilines is 1. The molecular weight excluding hydrogens is 334 g/mol.